The Balaban J connectivity index is 1.10. The molecule has 69 heavy (non-hydrogen) atoms. The minimum atomic E-state index is -0.824. The Morgan fingerprint density at radius 3 is 1.88 bits per heavy atom. The zero-order chi connectivity index (χ0) is 50.0. The lowest BCUT2D eigenvalue weighted by atomic mass is 9.87. The number of benzene rings is 3. The van der Waals surface area contributed by atoms with Crippen LogP contribution in [0.15, 0.2) is 72.8 Å². The molecule has 0 spiro atoms. The molecule has 0 radical (unpaired) electrons. The molecular formula is C53H74FN7O8. The number of amides is 5. The van der Waals surface area contributed by atoms with Gasteiger partial charge in [-0.3, -0.25) is 19.3 Å². The van der Waals surface area contributed by atoms with E-state index in [-0.39, 0.29) is 78.2 Å². The molecule has 1 aliphatic carbocycles. The van der Waals surface area contributed by atoms with Crippen LogP contribution in [-0.2, 0) is 41.7 Å². The van der Waals surface area contributed by atoms with Gasteiger partial charge >= 0.3 is 12.2 Å². The monoisotopic (exact) mass is 956 g/mol. The molecule has 2 heterocycles. The van der Waals surface area contributed by atoms with E-state index in [0.29, 0.717) is 37.3 Å². The zero-order valence-electron chi connectivity index (χ0n) is 41.9. The molecule has 3 aromatic rings. The van der Waals surface area contributed by atoms with Gasteiger partial charge in [0.1, 0.15) is 17.9 Å². The van der Waals surface area contributed by atoms with E-state index >= 15 is 0 Å². The first-order valence-electron chi connectivity index (χ1n) is 24.5. The van der Waals surface area contributed by atoms with Crippen molar-refractivity contribution in [2.24, 2.45) is 23.2 Å². The van der Waals surface area contributed by atoms with Gasteiger partial charge in [0.25, 0.3) is 0 Å². The third-order valence-corrected chi connectivity index (χ3v) is 14.2. The van der Waals surface area contributed by atoms with Gasteiger partial charge in [-0.25, -0.2) is 14.0 Å². The molecule has 8 atom stereocenters. The predicted molar refractivity (Wildman–Crippen MR) is 265 cm³/mol. The average molecular weight is 956 g/mol. The van der Waals surface area contributed by atoms with Crippen LogP contribution in [0.25, 0.3) is 0 Å². The maximum Gasteiger partial charge on any atom is 0.407 e. The lowest BCUT2D eigenvalue weighted by Crippen LogP contribution is -2.56. The van der Waals surface area contributed by atoms with Crippen LogP contribution in [0.4, 0.5) is 31.0 Å². The largest absolute Gasteiger partial charge is 0.453 e. The molecule has 0 bridgehead atoms. The Morgan fingerprint density at radius 1 is 0.783 bits per heavy atom. The average Bonchev–Trinajstić information content (AvgIpc) is 4.02. The number of fused-ring (bicyclic) bond motifs is 1. The molecule has 6 rings (SSSR count). The van der Waals surface area contributed by atoms with Crippen LogP contribution in [0.1, 0.15) is 105 Å². The summed E-state index contributed by atoms with van der Waals surface area (Å²) in [6.07, 6.45) is 4.71. The minimum absolute atomic E-state index is 0.0574. The summed E-state index contributed by atoms with van der Waals surface area (Å²) in [5.74, 6) is -0.679. The number of likely N-dealkylation sites (tertiary alicyclic amines) is 2. The molecule has 376 valence electrons. The summed E-state index contributed by atoms with van der Waals surface area (Å²) in [4.78, 5) is 72.2. The summed E-state index contributed by atoms with van der Waals surface area (Å²) >= 11 is 0. The van der Waals surface area contributed by atoms with Gasteiger partial charge < -0.3 is 45.3 Å². The van der Waals surface area contributed by atoms with Crippen molar-refractivity contribution >= 4 is 47.0 Å². The van der Waals surface area contributed by atoms with Gasteiger partial charge in [0.15, 0.2) is 0 Å². The second kappa shape index (κ2) is 23.7. The smallest absolute Gasteiger partial charge is 0.407 e. The predicted octanol–water partition coefficient (Wildman–Crippen LogP) is 8.68. The molecule has 4 N–H and O–H groups in total. The standard InChI is InChI=1S/C53H74FN7O8/c1-10-12-42-34(4)27-44(60(42)32-69-31-46(53(5,6)7)57-51(65)67-8)48(62)55-39-21-15-35(16-22-39)29-59(41-25-19-38(54)20-26-41)30-36-17-23-40(24-18-36)56-49(63)45-28-37-13-11-14-43(37)61(45)50(64)47(33(2)3)58-52(66)68-9/h15-26,33-34,37,42-47H,10-14,27-32H2,1-9H3,(H,55,62)(H,56,63)(H,57,65)(H,58,66). The van der Waals surface area contributed by atoms with E-state index in [0.717, 1.165) is 48.9 Å². The number of carbonyl (C=O) groups excluding carboxylic acids is 5. The zero-order valence-corrected chi connectivity index (χ0v) is 41.9. The highest BCUT2D eigenvalue weighted by Crippen LogP contribution is 2.42. The molecule has 16 heteroatoms. The minimum Gasteiger partial charge on any atom is -0.453 e. The Morgan fingerprint density at radius 2 is 1.35 bits per heavy atom. The second-order valence-electron chi connectivity index (χ2n) is 20.5. The summed E-state index contributed by atoms with van der Waals surface area (Å²) in [5, 5.41) is 11.8. The number of rotatable bonds is 19. The third-order valence-electron chi connectivity index (χ3n) is 14.2. The number of hydrogen-bond acceptors (Lipinski definition) is 10. The molecule has 2 aliphatic heterocycles. The van der Waals surface area contributed by atoms with Gasteiger partial charge in [-0.2, -0.15) is 0 Å². The first-order chi connectivity index (χ1) is 32.9. The number of halogens is 1. The third kappa shape index (κ3) is 13.5. The van der Waals surface area contributed by atoms with E-state index in [1.807, 2.05) is 83.1 Å². The topological polar surface area (TPSA) is 171 Å². The van der Waals surface area contributed by atoms with Crippen molar-refractivity contribution in [3.8, 4) is 0 Å². The van der Waals surface area contributed by atoms with E-state index < -0.39 is 30.3 Å². The van der Waals surface area contributed by atoms with E-state index in [1.165, 1.54) is 26.4 Å². The fraction of sp³-hybridized carbons (Fsp3) is 0.566. The van der Waals surface area contributed by atoms with Gasteiger partial charge in [-0.15, -0.1) is 0 Å². The van der Waals surface area contributed by atoms with Gasteiger partial charge in [0.2, 0.25) is 17.7 Å². The molecule has 8 unspecified atom stereocenters. The number of hydrogen-bond donors (Lipinski definition) is 4. The maximum absolute atomic E-state index is 14.1. The second-order valence-corrected chi connectivity index (χ2v) is 20.5. The summed E-state index contributed by atoms with van der Waals surface area (Å²) in [6.45, 7) is 15.6. The van der Waals surface area contributed by atoms with Crippen molar-refractivity contribution in [1.82, 2.24) is 20.4 Å². The van der Waals surface area contributed by atoms with Crippen LogP contribution in [0.5, 0.6) is 0 Å². The first kappa shape index (κ1) is 52.6. The quantitative estimate of drug-likeness (QED) is 0.0912. The molecule has 2 saturated heterocycles. The van der Waals surface area contributed by atoms with Crippen molar-refractivity contribution in [3.05, 3.63) is 89.7 Å². The Labute approximate surface area is 407 Å². The summed E-state index contributed by atoms with van der Waals surface area (Å²) < 4.78 is 30.0. The van der Waals surface area contributed by atoms with Gasteiger partial charge in [-0.1, -0.05) is 85.6 Å². The van der Waals surface area contributed by atoms with Crippen molar-refractivity contribution in [2.45, 2.75) is 143 Å². The van der Waals surface area contributed by atoms with E-state index in [2.05, 4.69) is 44.9 Å². The van der Waals surface area contributed by atoms with Gasteiger partial charge in [0.05, 0.1) is 39.6 Å². The molecule has 15 nitrogen and oxygen atoms in total. The fourth-order valence-corrected chi connectivity index (χ4v) is 10.2. The Kier molecular flexibility index (Phi) is 18.1. The highest BCUT2D eigenvalue weighted by molar-refractivity contribution is 5.99. The van der Waals surface area contributed by atoms with Crippen molar-refractivity contribution in [1.29, 1.82) is 0 Å². The summed E-state index contributed by atoms with van der Waals surface area (Å²) in [5.41, 5.74) is 3.73. The molecule has 1 saturated carbocycles. The highest BCUT2D eigenvalue weighted by Gasteiger charge is 2.50. The summed E-state index contributed by atoms with van der Waals surface area (Å²) in [6, 6.07) is 19.6. The summed E-state index contributed by atoms with van der Waals surface area (Å²) in [7, 11) is 2.60. The Bertz CT molecular complexity index is 2200. The molecule has 3 fully saturated rings. The van der Waals surface area contributed by atoms with E-state index in [1.54, 1.807) is 17.0 Å². The fourth-order valence-electron chi connectivity index (χ4n) is 10.2. The number of nitrogens with zero attached hydrogens (tertiary/aromatic N) is 3. The van der Waals surface area contributed by atoms with Crippen LogP contribution in [0.3, 0.4) is 0 Å². The first-order valence-corrected chi connectivity index (χ1v) is 24.5. The molecule has 0 aromatic heterocycles. The molecule has 3 aliphatic rings. The van der Waals surface area contributed by atoms with Crippen LogP contribution < -0.4 is 26.2 Å². The normalized spacial score (nSPS) is 22.1. The van der Waals surface area contributed by atoms with Crippen LogP contribution in [-0.4, -0.2) is 104 Å². The number of anilines is 3. The molecule has 3 aromatic carbocycles. The van der Waals surface area contributed by atoms with Crippen molar-refractivity contribution < 1.29 is 42.6 Å². The Hall–Kier alpha value is -5.74. The van der Waals surface area contributed by atoms with Crippen molar-refractivity contribution in [2.75, 3.05) is 43.1 Å². The number of ether oxygens (including phenoxy) is 3. The maximum atomic E-state index is 14.1. The highest BCUT2D eigenvalue weighted by atomic mass is 19.1. The number of methoxy groups -OCH3 is 2. The van der Waals surface area contributed by atoms with E-state index in [4.69, 9.17) is 14.2 Å². The van der Waals surface area contributed by atoms with E-state index in [9.17, 15) is 28.4 Å². The number of alkyl carbamates (subject to hydrolysis) is 2. The number of carbonyl (C=O) groups is 5. The molecule has 5 amide bonds. The van der Waals surface area contributed by atoms with Crippen molar-refractivity contribution in [3.63, 3.8) is 0 Å². The lowest BCUT2D eigenvalue weighted by molar-refractivity contribution is -0.141. The van der Waals surface area contributed by atoms with Gasteiger partial charge in [-0.05, 0) is 115 Å². The molecular weight excluding hydrogens is 882 g/mol. The SMILES string of the molecule is CCCC1C(C)CC(C(=O)Nc2ccc(CN(Cc3ccc(NC(=O)C4CC5CCCC5N4C(=O)C(NC(=O)OC)C(C)C)cc3)c3ccc(F)cc3)cc2)N1COCC(NC(=O)OC)C(C)(C)C. The number of nitrogens with one attached hydrogen (secondary N) is 4. The van der Waals surface area contributed by atoms with Crippen LogP contribution in [0.2, 0.25) is 0 Å². The van der Waals surface area contributed by atoms with Crippen LogP contribution >= 0.6 is 0 Å². The van der Waals surface area contributed by atoms with Gasteiger partial charge in [0, 0.05) is 42.2 Å². The lowest BCUT2D eigenvalue weighted by Gasteiger charge is -2.34. The van der Waals surface area contributed by atoms with Crippen LogP contribution in [0, 0.1) is 29.0 Å².